The van der Waals surface area contributed by atoms with E-state index >= 15 is 0 Å². The van der Waals surface area contributed by atoms with Crippen molar-refractivity contribution in [2.24, 2.45) is 0 Å². The minimum absolute atomic E-state index is 0.921. The molecule has 0 unspecified atom stereocenters. The molecule has 0 saturated carbocycles. The Morgan fingerprint density at radius 3 is 2.57 bits per heavy atom. The maximum absolute atomic E-state index is 4.70. The molecule has 2 heterocycles. The fourth-order valence-corrected chi connectivity index (χ4v) is 3.87. The lowest BCUT2D eigenvalue weighted by Gasteiger charge is -2.08. The highest BCUT2D eigenvalue weighted by Crippen LogP contribution is 2.33. The average molecular weight is 315 g/mol. The van der Waals surface area contributed by atoms with Gasteiger partial charge in [-0.1, -0.05) is 12.1 Å². The highest BCUT2D eigenvalue weighted by molar-refractivity contribution is 7.16. The Morgan fingerprint density at radius 1 is 1.05 bits per heavy atom. The van der Waals surface area contributed by atoms with Crippen molar-refractivity contribution in [3.05, 3.63) is 45.4 Å². The van der Waals surface area contributed by atoms with Gasteiger partial charge in [-0.15, -0.1) is 22.7 Å². The Kier molecular flexibility index (Phi) is 3.78. The third kappa shape index (κ3) is 2.84. The molecule has 0 fully saturated rings. The van der Waals surface area contributed by atoms with E-state index in [-0.39, 0.29) is 0 Å². The molecule has 0 bridgehead atoms. The normalized spacial score (nSPS) is 10.9. The number of nitrogens with zero attached hydrogens (tertiary/aromatic N) is 2. The predicted octanol–water partition coefficient (Wildman–Crippen LogP) is 5.24. The first-order valence-electron chi connectivity index (χ1n) is 6.78. The molecule has 3 rings (SSSR count). The second kappa shape index (κ2) is 5.58. The van der Waals surface area contributed by atoms with Crippen molar-refractivity contribution in [1.82, 2.24) is 9.97 Å². The number of hydrogen-bond acceptors (Lipinski definition) is 5. The zero-order valence-corrected chi connectivity index (χ0v) is 14.2. The molecule has 0 aliphatic heterocycles. The van der Waals surface area contributed by atoms with E-state index < -0.39 is 0 Å². The van der Waals surface area contributed by atoms with Crippen LogP contribution in [-0.2, 0) is 0 Å². The van der Waals surface area contributed by atoms with Gasteiger partial charge in [-0.05, 0) is 44.9 Å². The van der Waals surface area contributed by atoms with Crippen LogP contribution < -0.4 is 5.32 Å². The summed E-state index contributed by atoms with van der Waals surface area (Å²) in [5, 5.41) is 7.52. The molecule has 108 valence electrons. The molecule has 0 aliphatic carbocycles. The summed E-state index contributed by atoms with van der Waals surface area (Å²) in [6.45, 7) is 8.32. The molecule has 3 aromatic rings. The molecular weight excluding hydrogens is 298 g/mol. The van der Waals surface area contributed by atoms with Gasteiger partial charge in [0.05, 0.1) is 21.3 Å². The van der Waals surface area contributed by atoms with E-state index in [1.165, 1.54) is 11.1 Å². The van der Waals surface area contributed by atoms with Crippen LogP contribution in [0.4, 0.5) is 10.8 Å². The Balaban J connectivity index is 1.89. The van der Waals surface area contributed by atoms with Gasteiger partial charge in [0.2, 0.25) is 0 Å². The molecule has 5 heteroatoms. The van der Waals surface area contributed by atoms with Crippen molar-refractivity contribution < 1.29 is 0 Å². The first kappa shape index (κ1) is 14.2. The number of benzene rings is 1. The number of rotatable bonds is 3. The fourth-order valence-electron chi connectivity index (χ4n) is 2.21. The summed E-state index contributed by atoms with van der Waals surface area (Å²) >= 11 is 3.33. The van der Waals surface area contributed by atoms with Crippen LogP contribution in [0.25, 0.3) is 10.6 Å². The molecule has 2 aromatic heterocycles. The number of aryl methyl sites for hydroxylation is 3. The molecule has 3 nitrogen and oxygen atoms in total. The van der Waals surface area contributed by atoms with Gasteiger partial charge < -0.3 is 5.32 Å². The zero-order valence-electron chi connectivity index (χ0n) is 12.5. The largest absolute Gasteiger partial charge is 0.331 e. The standard InChI is InChI=1S/C16H17N3S2/c1-9-6-5-7-13(10(9)2)18-16-19-14(8-20-16)15-11(3)17-12(4)21-15/h5-8H,1-4H3,(H,18,19). The third-order valence-electron chi connectivity index (χ3n) is 3.49. The Hall–Kier alpha value is -1.72. The van der Waals surface area contributed by atoms with Gasteiger partial charge in [0.1, 0.15) is 0 Å². The van der Waals surface area contributed by atoms with E-state index in [4.69, 9.17) is 4.98 Å². The lowest BCUT2D eigenvalue weighted by atomic mass is 10.1. The van der Waals surface area contributed by atoms with Crippen LogP contribution in [0.2, 0.25) is 0 Å². The summed E-state index contributed by atoms with van der Waals surface area (Å²) in [5.74, 6) is 0. The lowest BCUT2D eigenvalue weighted by molar-refractivity contribution is 1.20. The summed E-state index contributed by atoms with van der Waals surface area (Å²) in [7, 11) is 0. The van der Waals surface area contributed by atoms with Crippen molar-refractivity contribution in [3.8, 4) is 10.6 Å². The SMILES string of the molecule is Cc1nc(C)c(-c2csc(Nc3cccc(C)c3C)n2)s1. The second-order valence-electron chi connectivity index (χ2n) is 5.06. The van der Waals surface area contributed by atoms with E-state index in [9.17, 15) is 0 Å². The van der Waals surface area contributed by atoms with E-state index in [2.05, 4.69) is 47.7 Å². The highest BCUT2D eigenvalue weighted by atomic mass is 32.1. The van der Waals surface area contributed by atoms with Crippen LogP contribution in [-0.4, -0.2) is 9.97 Å². The van der Waals surface area contributed by atoms with Crippen LogP contribution in [0, 0.1) is 27.7 Å². The molecule has 0 radical (unpaired) electrons. The Morgan fingerprint density at radius 2 is 1.86 bits per heavy atom. The average Bonchev–Trinajstić information content (AvgIpc) is 3.01. The van der Waals surface area contributed by atoms with Crippen LogP contribution in [0.15, 0.2) is 23.6 Å². The smallest absolute Gasteiger partial charge is 0.187 e. The van der Waals surface area contributed by atoms with E-state index in [1.54, 1.807) is 22.7 Å². The van der Waals surface area contributed by atoms with Gasteiger partial charge in [0.25, 0.3) is 0 Å². The van der Waals surface area contributed by atoms with Gasteiger partial charge in [-0.3, -0.25) is 0 Å². The summed E-state index contributed by atoms with van der Waals surface area (Å²) < 4.78 is 0. The van der Waals surface area contributed by atoms with Gasteiger partial charge in [-0.2, -0.15) is 0 Å². The predicted molar refractivity (Wildman–Crippen MR) is 91.9 cm³/mol. The van der Waals surface area contributed by atoms with Crippen LogP contribution in [0.5, 0.6) is 0 Å². The molecular formula is C16H17N3S2. The number of anilines is 2. The zero-order chi connectivity index (χ0) is 15.0. The summed E-state index contributed by atoms with van der Waals surface area (Å²) in [6, 6.07) is 6.28. The van der Waals surface area contributed by atoms with Crippen molar-refractivity contribution in [1.29, 1.82) is 0 Å². The first-order chi connectivity index (χ1) is 10.0. The molecule has 21 heavy (non-hydrogen) atoms. The number of nitrogens with one attached hydrogen (secondary N) is 1. The molecule has 0 atom stereocenters. The summed E-state index contributed by atoms with van der Waals surface area (Å²) in [6.07, 6.45) is 0. The van der Waals surface area contributed by atoms with Gasteiger partial charge >= 0.3 is 0 Å². The minimum Gasteiger partial charge on any atom is -0.331 e. The van der Waals surface area contributed by atoms with Crippen molar-refractivity contribution in [2.45, 2.75) is 27.7 Å². The summed E-state index contributed by atoms with van der Waals surface area (Å²) in [4.78, 5) is 10.3. The number of aromatic nitrogens is 2. The molecule has 0 spiro atoms. The third-order valence-corrected chi connectivity index (χ3v) is 5.34. The van der Waals surface area contributed by atoms with Crippen molar-refractivity contribution >= 4 is 33.5 Å². The number of thiazole rings is 2. The molecule has 0 aliphatic rings. The monoisotopic (exact) mass is 315 g/mol. The maximum Gasteiger partial charge on any atom is 0.187 e. The van der Waals surface area contributed by atoms with Crippen LogP contribution in [0.1, 0.15) is 21.8 Å². The molecule has 1 N–H and O–H groups in total. The Labute approximate surface area is 132 Å². The quantitative estimate of drug-likeness (QED) is 0.718. The van der Waals surface area contributed by atoms with Crippen molar-refractivity contribution in [3.63, 3.8) is 0 Å². The lowest BCUT2D eigenvalue weighted by Crippen LogP contribution is -1.94. The fraction of sp³-hybridized carbons (Fsp3) is 0.250. The second-order valence-corrected chi connectivity index (χ2v) is 7.12. The van der Waals surface area contributed by atoms with Crippen LogP contribution >= 0.6 is 22.7 Å². The van der Waals surface area contributed by atoms with E-state index in [0.717, 1.165) is 32.1 Å². The van der Waals surface area contributed by atoms with Gasteiger partial charge in [0, 0.05) is 11.1 Å². The van der Waals surface area contributed by atoms with E-state index in [0.29, 0.717) is 0 Å². The number of hydrogen-bond donors (Lipinski definition) is 1. The minimum atomic E-state index is 0.921. The van der Waals surface area contributed by atoms with Crippen LogP contribution in [0.3, 0.4) is 0 Å². The molecule has 0 amide bonds. The highest BCUT2D eigenvalue weighted by Gasteiger charge is 2.12. The van der Waals surface area contributed by atoms with Crippen molar-refractivity contribution in [2.75, 3.05) is 5.32 Å². The van der Waals surface area contributed by atoms with E-state index in [1.807, 2.05) is 13.8 Å². The molecule has 0 saturated heterocycles. The van der Waals surface area contributed by atoms with Gasteiger partial charge in [0.15, 0.2) is 5.13 Å². The molecule has 1 aromatic carbocycles. The topological polar surface area (TPSA) is 37.8 Å². The van der Waals surface area contributed by atoms with Gasteiger partial charge in [-0.25, -0.2) is 9.97 Å². The maximum atomic E-state index is 4.70. The Bertz CT molecular complexity index is 787. The summed E-state index contributed by atoms with van der Waals surface area (Å²) in [5.41, 5.74) is 5.73. The first-order valence-corrected chi connectivity index (χ1v) is 8.47.